The van der Waals surface area contributed by atoms with Crippen molar-refractivity contribution in [1.29, 1.82) is 0 Å². The van der Waals surface area contributed by atoms with Gasteiger partial charge in [0.25, 0.3) is 0 Å². The maximum atomic E-state index is 10.6. The van der Waals surface area contributed by atoms with Crippen molar-refractivity contribution in [3.8, 4) is 0 Å². The minimum Gasteiger partial charge on any atom is -0.360 e. The molecule has 0 aliphatic heterocycles. The largest absolute Gasteiger partial charge is 0.360 e. The molecule has 0 heterocycles. The second kappa shape index (κ2) is 8.26. The molecule has 2 aliphatic rings. The van der Waals surface area contributed by atoms with Gasteiger partial charge in [-0.1, -0.05) is 31.6 Å². The predicted molar refractivity (Wildman–Crippen MR) is 102 cm³/mol. The standard InChI is InChI=1S/C21H30O3S/c1-4-16-13-15(2)21(22,14-16)24-23-19-9-5-17(6-10-19)18-7-11-20(25-3)12-8-18/h7-8,11-12,14-15,17,19,22H,4-6,9-10,13H2,1-3H3. The molecular formula is C21H30O3S. The van der Waals surface area contributed by atoms with Crippen molar-refractivity contribution in [1.82, 2.24) is 0 Å². The van der Waals surface area contributed by atoms with E-state index in [1.54, 1.807) is 11.8 Å². The molecule has 0 amide bonds. The van der Waals surface area contributed by atoms with E-state index in [9.17, 15) is 5.11 Å². The van der Waals surface area contributed by atoms with E-state index in [2.05, 4.69) is 37.4 Å². The van der Waals surface area contributed by atoms with E-state index < -0.39 is 5.79 Å². The first-order valence-electron chi connectivity index (χ1n) is 9.45. The van der Waals surface area contributed by atoms with E-state index in [1.165, 1.54) is 16.0 Å². The van der Waals surface area contributed by atoms with Gasteiger partial charge in [-0.25, -0.2) is 4.89 Å². The summed E-state index contributed by atoms with van der Waals surface area (Å²) in [4.78, 5) is 12.5. The Labute approximate surface area is 155 Å². The van der Waals surface area contributed by atoms with Crippen molar-refractivity contribution >= 4 is 11.8 Å². The molecule has 0 spiro atoms. The summed E-state index contributed by atoms with van der Waals surface area (Å²) in [6.07, 6.45) is 10.0. The molecule has 1 N–H and O–H groups in total. The van der Waals surface area contributed by atoms with Crippen LogP contribution in [0.2, 0.25) is 0 Å². The van der Waals surface area contributed by atoms with Crippen LogP contribution in [0.4, 0.5) is 0 Å². The van der Waals surface area contributed by atoms with E-state index in [0.29, 0.717) is 5.92 Å². The Bertz CT molecular complexity index is 590. The Hall–Kier alpha value is -0.810. The Kier molecular flexibility index (Phi) is 6.26. The van der Waals surface area contributed by atoms with Crippen molar-refractivity contribution in [2.24, 2.45) is 5.92 Å². The minimum absolute atomic E-state index is 0.0498. The molecule has 1 aromatic carbocycles. The molecule has 1 fully saturated rings. The van der Waals surface area contributed by atoms with E-state index in [0.717, 1.165) is 38.5 Å². The van der Waals surface area contributed by atoms with Gasteiger partial charge < -0.3 is 5.11 Å². The lowest BCUT2D eigenvalue weighted by Crippen LogP contribution is -2.36. The fourth-order valence-corrected chi connectivity index (χ4v) is 4.31. The number of allylic oxidation sites excluding steroid dienone is 1. The summed E-state index contributed by atoms with van der Waals surface area (Å²) in [6.45, 7) is 4.12. The summed E-state index contributed by atoms with van der Waals surface area (Å²) in [6, 6.07) is 8.93. The van der Waals surface area contributed by atoms with Gasteiger partial charge in [-0.3, -0.25) is 0 Å². The summed E-state index contributed by atoms with van der Waals surface area (Å²) in [5.41, 5.74) is 2.67. The van der Waals surface area contributed by atoms with Gasteiger partial charge in [0.15, 0.2) is 0 Å². The van der Waals surface area contributed by atoms with Crippen LogP contribution in [0, 0.1) is 5.92 Å². The van der Waals surface area contributed by atoms with Crippen molar-refractivity contribution in [2.75, 3.05) is 6.26 Å². The fraction of sp³-hybridized carbons (Fsp3) is 0.619. The van der Waals surface area contributed by atoms with Crippen molar-refractivity contribution in [3.05, 3.63) is 41.5 Å². The number of hydrogen-bond acceptors (Lipinski definition) is 4. The van der Waals surface area contributed by atoms with Gasteiger partial charge in [-0.05, 0) is 74.5 Å². The number of benzene rings is 1. The molecule has 0 radical (unpaired) electrons. The molecule has 2 atom stereocenters. The first kappa shape index (κ1) is 19.0. The highest BCUT2D eigenvalue weighted by atomic mass is 32.2. The number of thioether (sulfide) groups is 1. The third-order valence-electron chi connectivity index (χ3n) is 5.72. The van der Waals surface area contributed by atoms with Crippen LogP contribution in [-0.4, -0.2) is 23.3 Å². The summed E-state index contributed by atoms with van der Waals surface area (Å²) in [5, 5.41) is 10.6. The summed E-state index contributed by atoms with van der Waals surface area (Å²) in [7, 11) is 0. The van der Waals surface area contributed by atoms with Crippen LogP contribution < -0.4 is 0 Å². The zero-order valence-electron chi connectivity index (χ0n) is 15.5. The molecule has 0 bridgehead atoms. The average molecular weight is 363 g/mol. The monoisotopic (exact) mass is 362 g/mol. The number of aliphatic hydroxyl groups is 1. The Morgan fingerprint density at radius 3 is 2.40 bits per heavy atom. The van der Waals surface area contributed by atoms with E-state index >= 15 is 0 Å². The Morgan fingerprint density at radius 1 is 1.16 bits per heavy atom. The first-order chi connectivity index (χ1) is 12.0. The van der Waals surface area contributed by atoms with Gasteiger partial charge in [-0.2, -0.15) is 4.89 Å². The fourth-order valence-electron chi connectivity index (χ4n) is 3.90. The Balaban J connectivity index is 1.48. The van der Waals surface area contributed by atoms with E-state index in [1.807, 2.05) is 13.0 Å². The van der Waals surface area contributed by atoms with Crippen LogP contribution in [-0.2, 0) is 9.78 Å². The van der Waals surface area contributed by atoms with Gasteiger partial charge in [0.1, 0.15) is 0 Å². The maximum Gasteiger partial charge on any atom is 0.221 e. The molecule has 3 rings (SSSR count). The second-order valence-electron chi connectivity index (χ2n) is 7.44. The first-order valence-corrected chi connectivity index (χ1v) is 10.7. The maximum absolute atomic E-state index is 10.6. The number of hydrogen-bond donors (Lipinski definition) is 1. The molecule has 4 heteroatoms. The van der Waals surface area contributed by atoms with Gasteiger partial charge in [0.2, 0.25) is 5.79 Å². The molecule has 1 saturated carbocycles. The average Bonchev–Trinajstić information content (AvgIpc) is 2.95. The van der Waals surface area contributed by atoms with E-state index in [4.69, 9.17) is 9.78 Å². The molecule has 25 heavy (non-hydrogen) atoms. The van der Waals surface area contributed by atoms with E-state index in [-0.39, 0.29) is 12.0 Å². The highest BCUT2D eigenvalue weighted by Gasteiger charge is 2.40. The van der Waals surface area contributed by atoms with Crippen LogP contribution in [0.15, 0.2) is 40.8 Å². The van der Waals surface area contributed by atoms with Gasteiger partial charge in [0.05, 0.1) is 6.10 Å². The minimum atomic E-state index is -1.25. The molecule has 2 unspecified atom stereocenters. The molecule has 0 aromatic heterocycles. The highest BCUT2D eigenvalue weighted by Crippen LogP contribution is 2.39. The SMILES string of the molecule is CCC1=CC(O)(OOC2CCC(c3ccc(SC)cc3)CC2)C(C)C1. The van der Waals surface area contributed by atoms with Crippen LogP contribution in [0.25, 0.3) is 0 Å². The molecular weight excluding hydrogens is 332 g/mol. The molecule has 3 nitrogen and oxygen atoms in total. The lowest BCUT2D eigenvalue weighted by atomic mass is 9.83. The van der Waals surface area contributed by atoms with Crippen molar-refractivity contribution in [2.45, 2.75) is 75.1 Å². The summed E-state index contributed by atoms with van der Waals surface area (Å²) in [5.74, 6) is -0.597. The van der Waals surface area contributed by atoms with Gasteiger partial charge >= 0.3 is 0 Å². The quantitative estimate of drug-likeness (QED) is 0.240. The zero-order valence-corrected chi connectivity index (χ0v) is 16.3. The third-order valence-corrected chi connectivity index (χ3v) is 6.46. The molecule has 138 valence electrons. The van der Waals surface area contributed by atoms with Crippen LogP contribution in [0.1, 0.15) is 63.9 Å². The van der Waals surface area contributed by atoms with Crippen molar-refractivity contribution in [3.63, 3.8) is 0 Å². The molecule has 0 saturated heterocycles. The third kappa shape index (κ3) is 4.48. The highest BCUT2D eigenvalue weighted by molar-refractivity contribution is 7.98. The predicted octanol–water partition coefficient (Wildman–Crippen LogP) is 5.45. The van der Waals surface area contributed by atoms with Gasteiger partial charge in [-0.15, -0.1) is 11.8 Å². The molecule has 2 aliphatic carbocycles. The summed E-state index contributed by atoms with van der Waals surface area (Å²) < 4.78 is 0. The van der Waals surface area contributed by atoms with Crippen LogP contribution >= 0.6 is 11.8 Å². The van der Waals surface area contributed by atoms with Crippen LogP contribution in [0.3, 0.4) is 0 Å². The number of rotatable bonds is 6. The van der Waals surface area contributed by atoms with Crippen LogP contribution in [0.5, 0.6) is 0 Å². The second-order valence-corrected chi connectivity index (χ2v) is 8.32. The summed E-state index contributed by atoms with van der Waals surface area (Å²) >= 11 is 1.78. The van der Waals surface area contributed by atoms with Gasteiger partial charge in [0, 0.05) is 10.8 Å². The molecule has 1 aromatic rings. The Morgan fingerprint density at radius 2 is 1.84 bits per heavy atom. The lowest BCUT2D eigenvalue weighted by Gasteiger charge is -2.31. The van der Waals surface area contributed by atoms with Crippen molar-refractivity contribution < 1.29 is 14.9 Å². The smallest absolute Gasteiger partial charge is 0.221 e. The normalized spacial score (nSPS) is 32.6. The zero-order chi connectivity index (χ0) is 17.9. The topological polar surface area (TPSA) is 38.7 Å². The lowest BCUT2D eigenvalue weighted by molar-refractivity contribution is -0.432.